The van der Waals surface area contributed by atoms with Gasteiger partial charge in [-0.15, -0.1) is 0 Å². The van der Waals surface area contributed by atoms with Gasteiger partial charge >= 0.3 is 29.7 Å². The van der Waals surface area contributed by atoms with Crippen LogP contribution in [0.2, 0.25) is 0 Å². The molecule has 0 atom stereocenters. The van der Waals surface area contributed by atoms with Crippen LogP contribution in [0.25, 0.3) is 0 Å². The van der Waals surface area contributed by atoms with Crippen molar-refractivity contribution in [3.63, 3.8) is 0 Å². The van der Waals surface area contributed by atoms with Crippen LogP contribution in [-0.2, 0) is 24.0 Å². The molecule has 0 rings (SSSR count). The molecule has 0 saturated carbocycles. The Morgan fingerprint density at radius 1 is 1.25 bits per heavy atom. The van der Waals surface area contributed by atoms with Crippen LogP contribution in [-0.4, -0.2) is 10.1 Å². The first-order chi connectivity index (χ1) is 2.00. The van der Waals surface area contributed by atoms with E-state index in [0.29, 0.717) is 0 Å². The fourth-order valence-electron chi connectivity index (χ4n) is 0. The topological polar surface area (TPSA) is 34.1 Å². The molecule has 0 aliphatic heterocycles. The Kier molecular flexibility index (Phi) is 379. The quantitative estimate of drug-likeness (QED) is 0.398. The molecule has 0 amide bonds. The summed E-state index contributed by atoms with van der Waals surface area (Å²) in [7, 11) is 1.72. The summed E-state index contributed by atoms with van der Waals surface area (Å²) in [5.41, 5.74) is 0. The van der Waals surface area contributed by atoms with Gasteiger partial charge in [0.25, 0.3) is 0 Å². The Morgan fingerprint density at radius 2 is 1.25 bits per heavy atom. The normalized spacial score (nSPS) is 2.25. The van der Waals surface area contributed by atoms with Crippen LogP contribution in [0.4, 0.5) is 0 Å². The third-order valence-electron chi connectivity index (χ3n) is 0. The van der Waals surface area contributed by atoms with Crippen LogP contribution < -0.4 is 0 Å². The summed E-state index contributed by atoms with van der Waals surface area (Å²) in [5, 5.41) is 0. The number of rotatable bonds is 0. The number of hydrogen-bond acceptors (Lipinski definition) is 2. The van der Waals surface area contributed by atoms with Gasteiger partial charge in [-0.3, -0.25) is 0 Å². The summed E-state index contributed by atoms with van der Waals surface area (Å²) in [6, 6.07) is 0. The first-order valence-corrected chi connectivity index (χ1v) is 1.17. The maximum absolute atomic E-state index is 8.06. The maximum atomic E-state index is 8.06. The fourth-order valence-corrected chi connectivity index (χ4v) is 0. The van der Waals surface area contributed by atoms with Crippen molar-refractivity contribution in [2.75, 3.05) is 0 Å². The summed E-state index contributed by atoms with van der Waals surface area (Å²) in [5.74, 6) is 0. The molecule has 0 unspecified atom stereocenters. The molecular formula is CoO2Si. The van der Waals surface area contributed by atoms with Crippen molar-refractivity contribution >= 4 is 10.1 Å². The third kappa shape index (κ3) is 38.9. The Balaban J connectivity index is 0. The predicted octanol–water partition coefficient (Wildman–Crippen LogP) is -0.621. The van der Waals surface area contributed by atoms with Gasteiger partial charge < -0.3 is 4.46 Å². The summed E-state index contributed by atoms with van der Waals surface area (Å²) in [6.45, 7) is 0. The molecule has 0 bridgehead atoms. The van der Waals surface area contributed by atoms with Gasteiger partial charge in [-0.05, 0) is 0 Å². The van der Waals surface area contributed by atoms with E-state index in [1.165, 1.54) is 0 Å². The van der Waals surface area contributed by atoms with Crippen molar-refractivity contribution in [1.82, 2.24) is 0 Å². The SMILES string of the molecule is O=[Si].[O]=[Co]. The Bertz CT molecular complexity index is 8.00. The minimum atomic E-state index is 1.72. The van der Waals surface area contributed by atoms with Gasteiger partial charge in [-0.2, -0.15) is 0 Å². The molecule has 0 aliphatic rings. The van der Waals surface area contributed by atoms with Crippen LogP contribution in [0, 0.1) is 0 Å². The van der Waals surface area contributed by atoms with E-state index < -0.39 is 0 Å². The van der Waals surface area contributed by atoms with E-state index in [1.807, 2.05) is 0 Å². The van der Waals surface area contributed by atoms with Crippen LogP contribution in [0.5, 0.6) is 0 Å². The third-order valence-corrected chi connectivity index (χ3v) is 0. The fraction of sp³-hybridized carbons (Fsp3) is 0. The number of hydrogen-bond donors (Lipinski definition) is 0. The monoisotopic (exact) mass is 119 g/mol. The molecule has 0 saturated heterocycles. The van der Waals surface area contributed by atoms with Crippen molar-refractivity contribution in [3.05, 3.63) is 0 Å². The van der Waals surface area contributed by atoms with E-state index in [4.69, 9.17) is 8.33 Å². The van der Waals surface area contributed by atoms with Crippen molar-refractivity contribution < 1.29 is 24.0 Å². The van der Waals surface area contributed by atoms with Crippen molar-refractivity contribution in [2.45, 2.75) is 0 Å². The molecule has 0 aromatic carbocycles. The van der Waals surface area contributed by atoms with Gasteiger partial charge in [0, 0.05) is 0 Å². The Hall–Kier alpha value is 0.323. The van der Waals surface area contributed by atoms with Crippen LogP contribution >= 0.6 is 0 Å². The van der Waals surface area contributed by atoms with Gasteiger partial charge in [-0.25, -0.2) is 0 Å². The Morgan fingerprint density at radius 3 is 1.25 bits per heavy atom. The molecule has 4 heavy (non-hydrogen) atoms. The second-order valence-corrected chi connectivity index (χ2v) is 0. The van der Waals surface area contributed by atoms with Gasteiger partial charge in [0.15, 0.2) is 0 Å². The van der Waals surface area contributed by atoms with Crippen molar-refractivity contribution in [3.8, 4) is 0 Å². The summed E-state index contributed by atoms with van der Waals surface area (Å²) in [6.07, 6.45) is 0. The van der Waals surface area contributed by atoms with E-state index in [9.17, 15) is 0 Å². The van der Waals surface area contributed by atoms with Gasteiger partial charge in [-0.1, -0.05) is 0 Å². The summed E-state index contributed by atoms with van der Waals surface area (Å²) < 4.78 is 16.0. The van der Waals surface area contributed by atoms with Crippen molar-refractivity contribution in [1.29, 1.82) is 0 Å². The molecule has 0 aliphatic carbocycles. The van der Waals surface area contributed by atoms with Gasteiger partial charge in [0.1, 0.15) is 0 Å². The van der Waals surface area contributed by atoms with E-state index in [2.05, 4.69) is 15.7 Å². The first-order valence-electron chi connectivity index (χ1n) is 0.340. The van der Waals surface area contributed by atoms with E-state index in [1.54, 1.807) is 10.1 Å². The molecule has 25 valence electrons. The molecule has 0 heterocycles. The van der Waals surface area contributed by atoms with Crippen LogP contribution in [0.3, 0.4) is 0 Å². The molecule has 2 nitrogen and oxygen atoms in total. The Labute approximate surface area is 34.9 Å². The molecule has 0 aromatic heterocycles. The molecule has 2 radical (unpaired) electrons. The van der Waals surface area contributed by atoms with E-state index in [0.717, 1.165) is 0 Å². The van der Waals surface area contributed by atoms with E-state index >= 15 is 0 Å². The average Bonchev–Trinajstić information content (AvgIpc) is 1.50. The molecule has 0 aromatic rings. The minimum absolute atomic E-state index is 1.72. The molecular weight excluding hydrogens is 119 g/mol. The molecule has 4 heteroatoms. The predicted molar refractivity (Wildman–Crippen MR) is 7.13 cm³/mol. The second-order valence-electron chi connectivity index (χ2n) is 0. The summed E-state index contributed by atoms with van der Waals surface area (Å²) in [4.78, 5) is 0. The van der Waals surface area contributed by atoms with E-state index in [-0.39, 0.29) is 0 Å². The van der Waals surface area contributed by atoms with Crippen LogP contribution in [0.1, 0.15) is 0 Å². The standard InChI is InChI=1S/Co.OSi.O/c;1-2;. The molecule has 0 N–H and O–H groups in total. The summed E-state index contributed by atoms with van der Waals surface area (Å²) >= 11 is 2.31. The van der Waals surface area contributed by atoms with Crippen LogP contribution in [0.15, 0.2) is 0 Å². The van der Waals surface area contributed by atoms with Gasteiger partial charge in [0.05, 0.1) is 0 Å². The zero-order valence-electron chi connectivity index (χ0n) is 1.65. The molecule has 0 fully saturated rings. The molecule has 0 spiro atoms. The zero-order chi connectivity index (χ0) is 4.00. The van der Waals surface area contributed by atoms with Gasteiger partial charge in [0.2, 0.25) is 0 Å². The van der Waals surface area contributed by atoms with Crippen molar-refractivity contribution in [2.24, 2.45) is 0 Å². The average molecular weight is 119 g/mol. The first kappa shape index (κ1) is 8.85. The zero-order valence-corrected chi connectivity index (χ0v) is 3.69. The second kappa shape index (κ2) is 172.